The van der Waals surface area contributed by atoms with E-state index in [4.69, 9.17) is 25.8 Å². The van der Waals surface area contributed by atoms with Crippen LogP contribution in [-0.2, 0) is 20.1 Å². The SMILES string of the molecule is Cc1ccc(C(C)C)c(OCCCN2C(=O)C3(OCCO3)c3cccc(Cl)c32)c1. The molecule has 29 heavy (non-hydrogen) atoms. The van der Waals surface area contributed by atoms with Crippen LogP contribution in [0.25, 0.3) is 0 Å². The van der Waals surface area contributed by atoms with Gasteiger partial charge >= 0.3 is 0 Å². The number of benzene rings is 2. The molecule has 0 N–H and O–H groups in total. The van der Waals surface area contributed by atoms with Crippen LogP contribution in [0.3, 0.4) is 0 Å². The van der Waals surface area contributed by atoms with E-state index >= 15 is 0 Å². The smallest absolute Gasteiger partial charge is 0.292 e. The first kappa shape index (κ1) is 20.2. The Morgan fingerprint density at radius 1 is 1.21 bits per heavy atom. The van der Waals surface area contributed by atoms with Crippen LogP contribution in [0.2, 0.25) is 5.02 Å². The standard InChI is InChI=1S/C23H26ClNO4/c1-15(2)17-9-8-16(3)14-20(17)27-11-5-10-25-21-18(6-4-7-19(21)24)23(22(25)26)28-12-13-29-23/h4,6-9,14-15H,5,10-13H2,1-3H3. The van der Waals surface area contributed by atoms with Crippen LogP contribution in [0, 0.1) is 6.92 Å². The predicted octanol–water partition coefficient (Wildman–Crippen LogP) is 4.79. The molecular weight excluding hydrogens is 390 g/mol. The third-order valence-corrected chi connectivity index (χ3v) is 5.71. The highest BCUT2D eigenvalue weighted by Crippen LogP contribution is 2.48. The van der Waals surface area contributed by atoms with E-state index in [0.29, 0.717) is 55.0 Å². The van der Waals surface area contributed by atoms with E-state index in [0.717, 1.165) is 11.3 Å². The van der Waals surface area contributed by atoms with Gasteiger partial charge in [-0.15, -0.1) is 0 Å². The van der Waals surface area contributed by atoms with Crippen LogP contribution in [0.5, 0.6) is 5.75 Å². The van der Waals surface area contributed by atoms with Crippen molar-refractivity contribution >= 4 is 23.2 Å². The number of ether oxygens (including phenoxy) is 3. The van der Waals surface area contributed by atoms with Gasteiger partial charge in [-0.2, -0.15) is 0 Å². The Labute approximate surface area is 176 Å². The quantitative estimate of drug-likeness (QED) is 0.636. The van der Waals surface area contributed by atoms with Crippen LogP contribution in [0.15, 0.2) is 36.4 Å². The van der Waals surface area contributed by atoms with Gasteiger partial charge in [0.2, 0.25) is 0 Å². The highest BCUT2D eigenvalue weighted by Gasteiger charge is 2.56. The molecule has 5 nitrogen and oxygen atoms in total. The Kier molecular flexibility index (Phi) is 5.56. The molecule has 0 aliphatic carbocycles. The highest BCUT2D eigenvalue weighted by molar-refractivity contribution is 6.35. The van der Waals surface area contributed by atoms with Gasteiger partial charge in [0.25, 0.3) is 11.7 Å². The number of hydrogen-bond donors (Lipinski definition) is 0. The van der Waals surface area contributed by atoms with Crippen molar-refractivity contribution in [1.82, 2.24) is 0 Å². The van der Waals surface area contributed by atoms with Crippen LogP contribution >= 0.6 is 11.6 Å². The average Bonchev–Trinajstić information content (AvgIpc) is 3.26. The van der Waals surface area contributed by atoms with Crippen LogP contribution in [0.1, 0.15) is 42.9 Å². The van der Waals surface area contributed by atoms with Crippen molar-refractivity contribution in [3.63, 3.8) is 0 Å². The van der Waals surface area contributed by atoms with E-state index in [1.54, 1.807) is 11.0 Å². The summed E-state index contributed by atoms with van der Waals surface area (Å²) in [5.74, 6) is -0.266. The second-order valence-electron chi connectivity index (χ2n) is 7.80. The molecular formula is C23H26ClNO4. The summed E-state index contributed by atoms with van der Waals surface area (Å²) in [6.45, 7) is 8.12. The second kappa shape index (κ2) is 7.98. The lowest BCUT2D eigenvalue weighted by molar-refractivity contribution is -0.180. The van der Waals surface area contributed by atoms with Gasteiger partial charge in [0.1, 0.15) is 5.75 Å². The molecule has 2 aliphatic rings. The largest absolute Gasteiger partial charge is 0.493 e. The van der Waals surface area contributed by atoms with Gasteiger partial charge in [-0.3, -0.25) is 4.79 Å². The van der Waals surface area contributed by atoms with Gasteiger partial charge in [-0.05, 0) is 42.5 Å². The summed E-state index contributed by atoms with van der Waals surface area (Å²) in [4.78, 5) is 14.8. The number of anilines is 1. The van der Waals surface area contributed by atoms with Gasteiger partial charge in [0, 0.05) is 12.1 Å². The monoisotopic (exact) mass is 415 g/mol. The summed E-state index contributed by atoms with van der Waals surface area (Å²) >= 11 is 6.44. The summed E-state index contributed by atoms with van der Waals surface area (Å²) < 4.78 is 17.6. The molecule has 1 fully saturated rings. The Balaban J connectivity index is 1.48. The first-order chi connectivity index (χ1) is 13.9. The highest BCUT2D eigenvalue weighted by atomic mass is 35.5. The van der Waals surface area contributed by atoms with E-state index in [-0.39, 0.29) is 5.91 Å². The molecule has 2 aromatic carbocycles. The van der Waals surface area contributed by atoms with Crippen molar-refractivity contribution in [1.29, 1.82) is 0 Å². The lowest BCUT2D eigenvalue weighted by atomic mass is 10.0. The molecule has 2 aromatic rings. The van der Waals surface area contributed by atoms with Crippen molar-refractivity contribution in [2.75, 3.05) is 31.3 Å². The minimum absolute atomic E-state index is 0.212. The molecule has 0 aromatic heterocycles. The molecule has 1 amide bonds. The first-order valence-electron chi connectivity index (χ1n) is 10.1. The number of nitrogens with zero attached hydrogens (tertiary/aromatic N) is 1. The average molecular weight is 416 g/mol. The fraction of sp³-hybridized carbons (Fsp3) is 0.435. The molecule has 4 rings (SSSR count). The minimum Gasteiger partial charge on any atom is -0.493 e. The Hall–Kier alpha value is -2.08. The third kappa shape index (κ3) is 3.52. The van der Waals surface area contributed by atoms with Crippen LogP contribution in [-0.4, -0.2) is 32.3 Å². The van der Waals surface area contributed by atoms with Crippen molar-refractivity contribution in [2.24, 2.45) is 0 Å². The van der Waals surface area contributed by atoms with E-state index in [2.05, 4.69) is 39.0 Å². The molecule has 1 spiro atoms. The number of para-hydroxylation sites is 1. The van der Waals surface area contributed by atoms with Crippen molar-refractivity contribution in [2.45, 2.75) is 38.9 Å². The van der Waals surface area contributed by atoms with E-state index in [1.807, 2.05) is 12.1 Å². The Bertz CT molecular complexity index is 921. The molecule has 154 valence electrons. The Morgan fingerprint density at radius 3 is 2.69 bits per heavy atom. The van der Waals surface area contributed by atoms with E-state index in [1.165, 1.54) is 5.56 Å². The maximum Gasteiger partial charge on any atom is 0.292 e. The summed E-state index contributed by atoms with van der Waals surface area (Å²) in [7, 11) is 0. The molecule has 1 saturated heterocycles. The maximum atomic E-state index is 13.2. The van der Waals surface area contributed by atoms with E-state index in [9.17, 15) is 4.79 Å². The molecule has 2 heterocycles. The molecule has 0 unspecified atom stereocenters. The van der Waals surface area contributed by atoms with Gasteiger partial charge in [-0.25, -0.2) is 0 Å². The van der Waals surface area contributed by atoms with Crippen molar-refractivity contribution < 1.29 is 19.0 Å². The third-order valence-electron chi connectivity index (χ3n) is 5.41. The summed E-state index contributed by atoms with van der Waals surface area (Å²) in [5.41, 5.74) is 3.72. The molecule has 0 saturated carbocycles. The predicted molar refractivity (Wildman–Crippen MR) is 113 cm³/mol. The summed E-state index contributed by atoms with van der Waals surface area (Å²) in [6.07, 6.45) is 0.665. The van der Waals surface area contributed by atoms with Gasteiger partial charge < -0.3 is 19.1 Å². The lowest BCUT2D eigenvalue weighted by Gasteiger charge is -2.22. The molecule has 2 aliphatic heterocycles. The minimum atomic E-state index is -1.34. The zero-order valence-electron chi connectivity index (χ0n) is 17.0. The maximum absolute atomic E-state index is 13.2. The number of carbonyl (C=O) groups excluding carboxylic acids is 1. The second-order valence-corrected chi connectivity index (χ2v) is 8.21. The number of aryl methyl sites for hydroxylation is 1. The molecule has 6 heteroatoms. The first-order valence-corrected chi connectivity index (χ1v) is 10.4. The normalized spacial score (nSPS) is 17.4. The van der Waals surface area contributed by atoms with Crippen molar-refractivity contribution in [3.05, 3.63) is 58.1 Å². The molecule has 0 bridgehead atoms. The van der Waals surface area contributed by atoms with Gasteiger partial charge in [0.05, 0.1) is 30.5 Å². The zero-order chi connectivity index (χ0) is 20.6. The number of rotatable bonds is 6. The summed E-state index contributed by atoms with van der Waals surface area (Å²) in [5, 5.41) is 0.522. The molecule has 0 atom stereocenters. The van der Waals surface area contributed by atoms with Gasteiger partial charge in [0.15, 0.2) is 0 Å². The number of fused-ring (bicyclic) bond motifs is 2. The fourth-order valence-electron chi connectivity index (χ4n) is 4.00. The fourth-order valence-corrected chi connectivity index (χ4v) is 4.28. The molecule has 0 radical (unpaired) electrons. The zero-order valence-corrected chi connectivity index (χ0v) is 17.8. The number of halogens is 1. The van der Waals surface area contributed by atoms with Gasteiger partial charge in [-0.1, -0.05) is 49.7 Å². The lowest BCUT2D eigenvalue weighted by Crippen LogP contribution is -2.41. The number of carbonyl (C=O) groups is 1. The number of hydrogen-bond acceptors (Lipinski definition) is 4. The Morgan fingerprint density at radius 2 is 1.97 bits per heavy atom. The van der Waals surface area contributed by atoms with E-state index < -0.39 is 5.79 Å². The van der Waals surface area contributed by atoms with Crippen LogP contribution in [0.4, 0.5) is 5.69 Å². The van der Waals surface area contributed by atoms with Crippen molar-refractivity contribution in [3.8, 4) is 5.75 Å². The topological polar surface area (TPSA) is 48.0 Å². The van der Waals surface area contributed by atoms with Crippen LogP contribution < -0.4 is 9.64 Å². The number of amides is 1. The summed E-state index contributed by atoms with van der Waals surface area (Å²) in [6, 6.07) is 11.7.